The van der Waals surface area contributed by atoms with Gasteiger partial charge in [-0.25, -0.2) is 0 Å². The predicted octanol–water partition coefficient (Wildman–Crippen LogP) is 1.22. The molecule has 0 bridgehead atoms. The highest BCUT2D eigenvalue weighted by molar-refractivity contribution is 4.94. The Labute approximate surface area is 84.6 Å². The van der Waals surface area contributed by atoms with E-state index in [-0.39, 0.29) is 16.9 Å². The van der Waals surface area contributed by atoms with Crippen LogP contribution in [0.25, 0.3) is 0 Å². The van der Waals surface area contributed by atoms with Crippen LogP contribution < -0.4 is 11.2 Å². The Morgan fingerprint density at radius 3 is 2.29 bits per heavy atom. The lowest BCUT2D eigenvalue weighted by atomic mass is 9.87. The summed E-state index contributed by atoms with van der Waals surface area (Å²) in [7, 11) is 0. The van der Waals surface area contributed by atoms with Gasteiger partial charge < -0.3 is 10.3 Å². The molecular formula is C11H18N2O. The molecule has 0 saturated heterocycles. The van der Waals surface area contributed by atoms with Crippen molar-refractivity contribution in [1.29, 1.82) is 0 Å². The van der Waals surface area contributed by atoms with E-state index in [0.717, 1.165) is 6.54 Å². The number of nitrogens with zero attached hydrogens (tertiary/aromatic N) is 1. The number of nitrogens with two attached hydrogens (primary N) is 1. The molecular weight excluding hydrogens is 176 g/mol. The molecule has 1 atom stereocenters. The van der Waals surface area contributed by atoms with Gasteiger partial charge >= 0.3 is 0 Å². The summed E-state index contributed by atoms with van der Waals surface area (Å²) in [6.45, 7) is 7.07. The van der Waals surface area contributed by atoms with Gasteiger partial charge in [-0.2, -0.15) is 0 Å². The topological polar surface area (TPSA) is 48.0 Å². The monoisotopic (exact) mass is 194 g/mol. The summed E-state index contributed by atoms with van der Waals surface area (Å²) < 4.78 is 1.94. The average molecular weight is 194 g/mol. The van der Waals surface area contributed by atoms with Crippen LogP contribution in [0.3, 0.4) is 0 Å². The summed E-state index contributed by atoms with van der Waals surface area (Å²) in [4.78, 5) is 10.9. The van der Waals surface area contributed by atoms with Crippen molar-refractivity contribution in [3.63, 3.8) is 0 Å². The van der Waals surface area contributed by atoms with Gasteiger partial charge in [-0.15, -0.1) is 0 Å². The molecule has 78 valence electrons. The van der Waals surface area contributed by atoms with E-state index in [4.69, 9.17) is 5.73 Å². The van der Waals surface area contributed by atoms with Gasteiger partial charge in [0.25, 0.3) is 0 Å². The molecule has 0 aromatic carbocycles. The van der Waals surface area contributed by atoms with E-state index in [1.807, 2.05) is 4.57 Å². The van der Waals surface area contributed by atoms with Gasteiger partial charge in [0.2, 0.25) is 0 Å². The van der Waals surface area contributed by atoms with Crippen LogP contribution in [0.15, 0.2) is 29.3 Å². The Balaban J connectivity index is 2.70. The molecule has 1 unspecified atom stereocenters. The Hall–Kier alpha value is -1.09. The van der Waals surface area contributed by atoms with Crippen molar-refractivity contribution in [1.82, 2.24) is 4.57 Å². The highest BCUT2D eigenvalue weighted by atomic mass is 16.1. The zero-order chi connectivity index (χ0) is 10.8. The van der Waals surface area contributed by atoms with E-state index >= 15 is 0 Å². The molecule has 0 aliphatic heterocycles. The molecule has 0 saturated carbocycles. The molecule has 14 heavy (non-hydrogen) atoms. The summed E-state index contributed by atoms with van der Waals surface area (Å²) in [5.74, 6) is 0. The van der Waals surface area contributed by atoms with E-state index in [1.54, 1.807) is 24.5 Å². The smallest absolute Gasteiger partial charge is 0.181 e. The average Bonchev–Trinajstić information content (AvgIpc) is 2.07. The number of aromatic nitrogens is 1. The SMILES string of the molecule is CC(C)(C)C(N)Cn1ccc(=O)cc1. The largest absolute Gasteiger partial charge is 0.352 e. The molecule has 0 spiro atoms. The van der Waals surface area contributed by atoms with Crippen LogP contribution >= 0.6 is 0 Å². The molecule has 1 aromatic rings. The van der Waals surface area contributed by atoms with E-state index in [2.05, 4.69) is 20.8 Å². The van der Waals surface area contributed by atoms with Gasteiger partial charge in [0.1, 0.15) is 0 Å². The zero-order valence-corrected chi connectivity index (χ0v) is 9.03. The van der Waals surface area contributed by atoms with Crippen LogP contribution in [-0.2, 0) is 6.54 Å². The van der Waals surface area contributed by atoms with E-state index in [1.165, 1.54) is 0 Å². The third-order valence-electron chi connectivity index (χ3n) is 2.38. The minimum Gasteiger partial charge on any atom is -0.352 e. The lowest BCUT2D eigenvalue weighted by Gasteiger charge is -2.27. The van der Waals surface area contributed by atoms with E-state index in [9.17, 15) is 4.79 Å². The second kappa shape index (κ2) is 3.96. The summed E-state index contributed by atoms with van der Waals surface area (Å²) in [6, 6.07) is 3.19. The van der Waals surface area contributed by atoms with Gasteiger partial charge in [-0.05, 0) is 5.41 Å². The fourth-order valence-electron chi connectivity index (χ4n) is 1.07. The summed E-state index contributed by atoms with van der Waals surface area (Å²) in [6.07, 6.45) is 3.54. The maximum absolute atomic E-state index is 10.9. The molecule has 0 radical (unpaired) electrons. The molecule has 0 fully saturated rings. The molecule has 1 rings (SSSR count). The van der Waals surface area contributed by atoms with Crippen molar-refractivity contribution in [3.05, 3.63) is 34.7 Å². The molecule has 0 amide bonds. The summed E-state index contributed by atoms with van der Waals surface area (Å²) >= 11 is 0. The van der Waals surface area contributed by atoms with Crippen molar-refractivity contribution in [2.24, 2.45) is 11.1 Å². The first kappa shape index (κ1) is 11.0. The Morgan fingerprint density at radius 1 is 1.36 bits per heavy atom. The van der Waals surface area contributed by atoms with Gasteiger partial charge in [0.15, 0.2) is 5.43 Å². The quantitative estimate of drug-likeness (QED) is 0.769. The number of hydrogen-bond donors (Lipinski definition) is 1. The van der Waals surface area contributed by atoms with Gasteiger partial charge in [0.05, 0.1) is 0 Å². The van der Waals surface area contributed by atoms with Gasteiger partial charge in [-0.3, -0.25) is 4.79 Å². The highest BCUT2D eigenvalue weighted by Crippen LogP contribution is 2.18. The standard InChI is InChI=1S/C11H18N2O/c1-11(2,3)10(12)8-13-6-4-9(14)5-7-13/h4-7,10H,8,12H2,1-3H3. The molecule has 1 heterocycles. The summed E-state index contributed by atoms with van der Waals surface area (Å²) in [5.41, 5.74) is 6.14. The Morgan fingerprint density at radius 2 is 1.86 bits per heavy atom. The Bertz CT molecular complexity index is 329. The number of pyridine rings is 1. The van der Waals surface area contributed by atoms with Crippen LogP contribution in [0.5, 0.6) is 0 Å². The first-order chi connectivity index (χ1) is 6.39. The normalized spacial score (nSPS) is 14.0. The van der Waals surface area contributed by atoms with Gasteiger partial charge in [0, 0.05) is 37.1 Å². The first-order valence-corrected chi connectivity index (χ1v) is 4.81. The maximum Gasteiger partial charge on any atom is 0.181 e. The summed E-state index contributed by atoms with van der Waals surface area (Å²) in [5, 5.41) is 0. The van der Waals surface area contributed by atoms with Crippen LogP contribution in [0.2, 0.25) is 0 Å². The Kier molecular flexibility index (Phi) is 3.11. The van der Waals surface area contributed by atoms with Crippen molar-refractivity contribution < 1.29 is 0 Å². The molecule has 0 aliphatic carbocycles. The second-order valence-electron chi connectivity index (χ2n) is 4.70. The molecule has 2 N–H and O–H groups in total. The van der Waals surface area contributed by atoms with Crippen molar-refractivity contribution in [2.45, 2.75) is 33.4 Å². The predicted molar refractivity (Wildman–Crippen MR) is 58.1 cm³/mol. The minimum absolute atomic E-state index is 0.0329. The van der Waals surface area contributed by atoms with Crippen molar-refractivity contribution in [3.8, 4) is 0 Å². The van der Waals surface area contributed by atoms with Gasteiger partial charge in [-0.1, -0.05) is 20.8 Å². The fourth-order valence-corrected chi connectivity index (χ4v) is 1.07. The highest BCUT2D eigenvalue weighted by Gasteiger charge is 2.20. The van der Waals surface area contributed by atoms with Crippen LogP contribution in [-0.4, -0.2) is 10.6 Å². The third kappa shape index (κ3) is 3.00. The third-order valence-corrected chi connectivity index (χ3v) is 2.38. The molecule has 3 nitrogen and oxygen atoms in total. The van der Waals surface area contributed by atoms with Crippen LogP contribution in [0, 0.1) is 5.41 Å². The van der Waals surface area contributed by atoms with Crippen LogP contribution in [0.1, 0.15) is 20.8 Å². The number of rotatable bonds is 2. The molecule has 1 aromatic heterocycles. The lowest BCUT2D eigenvalue weighted by molar-refractivity contribution is 0.291. The van der Waals surface area contributed by atoms with E-state index in [0.29, 0.717) is 0 Å². The first-order valence-electron chi connectivity index (χ1n) is 4.81. The van der Waals surface area contributed by atoms with Crippen molar-refractivity contribution in [2.75, 3.05) is 0 Å². The molecule has 0 aliphatic rings. The van der Waals surface area contributed by atoms with Crippen molar-refractivity contribution >= 4 is 0 Å². The fraction of sp³-hybridized carbons (Fsp3) is 0.545. The molecule has 3 heteroatoms. The zero-order valence-electron chi connectivity index (χ0n) is 9.03. The maximum atomic E-state index is 10.9. The second-order valence-corrected chi connectivity index (χ2v) is 4.70. The number of hydrogen-bond acceptors (Lipinski definition) is 2. The van der Waals surface area contributed by atoms with Crippen LogP contribution in [0.4, 0.5) is 0 Å². The lowest BCUT2D eigenvalue weighted by Crippen LogP contribution is -2.38. The minimum atomic E-state index is 0.0329. The van der Waals surface area contributed by atoms with E-state index < -0.39 is 0 Å².